The van der Waals surface area contributed by atoms with Gasteiger partial charge in [0.1, 0.15) is 23.4 Å². The molecule has 0 unspecified atom stereocenters. The minimum absolute atomic E-state index is 0.0428. The van der Waals surface area contributed by atoms with Crippen molar-refractivity contribution in [3.05, 3.63) is 82.2 Å². The van der Waals surface area contributed by atoms with E-state index in [2.05, 4.69) is 32.6 Å². The van der Waals surface area contributed by atoms with Crippen molar-refractivity contribution >= 4 is 51.2 Å². The van der Waals surface area contributed by atoms with Gasteiger partial charge < -0.3 is 23.7 Å². The van der Waals surface area contributed by atoms with Crippen molar-refractivity contribution in [2.75, 3.05) is 13.3 Å². The summed E-state index contributed by atoms with van der Waals surface area (Å²) in [6, 6.07) is 6.57. The molecule has 248 valence electrons. The third-order valence-electron chi connectivity index (χ3n) is 7.29. The van der Waals surface area contributed by atoms with Crippen molar-refractivity contribution in [3.63, 3.8) is 0 Å². The molecule has 0 N–H and O–H groups in total. The zero-order valence-electron chi connectivity index (χ0n) is 26.3. The number of halogens is 1. The first-order valence-corrected chi connectivity index (χ1v) is 15.7. The van der Waals surface area contributed by atoms with Gasteiger partial charge in [0.2, 0.25) is 6.79 Å². The topological polar surface area (TPSA) is 187 Å². The van der Waals surface area contributed by atoms with Crippen LogP contribution in [0.5, 0.6) is 11.5 Å². The lowest BCUT2D eigenvalue weighted by Gasteiger charge is -2.30. The molecule has 17 heteroatoms. The largest absolute Gasteiger partial charge is 0.454 e. The van der Waals surface area contributed by atoms with Crippen LogP contribution in [0.15, 0.2) is 41.5 Å². The Morgan fingerprint density at radius 2 is 1.83 bits per heavy atom. The Labute approximate surface area is 281 Å². The summed E-state index contributed by atoms with van der Waals surface area (Å²) in [5.74, 6) is 1.70. The Balaban J connectivity index is 1.56. The number of non-ortho nitro benzene ring substituents is 1. The molecule has 47 heavy (non-hydrogen) atoms. The van der Waals surface area contributed by atoms with Crippen molar-refractivity contribution in [1.29, 1.82) is 0 Å². The molecule has 0 fully saturated rings. The number of nitro benzene ring substituents is 2. The monoisotopic (exact) mass is 761 g/mol. The highest BCUT2D eigenvalue weighted by Crippen LogP contribution is 2.36. The summed E-state index contributed by atoms with van der Waals surface area (Å²) < 4.78 is 20.3. The van der Waals surface area contributed by atoms with Crippen LogP contribution in [0.4, 0.5) is 16.2 Å². The second-order valence-corrected chi connectivity index (χ2v) is 13.2. The lowest BCUT2D eigenvalue weighted by molar-refractivity contribution is -0.394. The van der Waals surface area contributed by atoms with Gasteiger partial charge >= 0.3 is 6.09 Å². The van der Waals surface area contributed by atoms with Gasteiger partial charge in [-0.1, -0.05) is 0 Å². The molecular weight excluding hydrogens is 729 g/mol. The highest BCUT2D eigenvalue weighted by Gasteiger charge is 2.27. The maximum Gasteiger partial charge on any atom is 0.410 e. The number of carbonyl (C=O) groups excluding carboxylic acids is 1. The normalized spacial score (nSPS) is 12.5. The number of hydrogen-bond acceptors (Lipinski definition) is 11. The van der Waals surface area contributed by atoms with Gasteiger partial charge in [-0.25, -0.2) is 14.8 Å². The lowest BCUT2D eigenvalue weighted by atomic mass is 10.1. The molecule has 0 spiro atoms. The second kappa shape index (κ2) is 13.1. The Bertz CT molecular complexity index is 1950. The fourth-order valence-electron chi connectivity index (χ4n) is 5.10. The Hall–Kier alpha value is -4.81. The zero-order chi connectivity index (χ0) is 34.2. The number of fused-ring (bicyclic) bond motifs is 2. The molecule has 2 aromatic heterocycles. The van der Waals surface area contributed by atoms with Crippen LogP contribution in [-0.4, -0.2) is 64.9 Å². The van der Waals surface area contributed by atoms with Gasteiger partial charge in [-0.2, -0.15) is 0 Å². The number of hydrogen-bond donors (Lipinski definition) is 0. The molecule has 0 saturated carbocycles. The van der Waals surface area contributed by atoms with Crippen LogP contribution in [0.3, 0.4) is 0 Å². The van der Waals surface area contributed by atoms with Crippen molar-refractivity contribution in [2.24, 2.45) is 0 Å². The second-order valence-electron chi connectivity index (χ2n) is 12.1. The number of ether oxygens (including phenoxy) is 3. The Kier molecular flexibility index (Phi) is 9.37. The standard InChI is InChI=1S/C30H32IN7O9/c1-17(2)34(29(40)47-30(3,4)5)9-6-10-35-25(12-18-11-23-24(14-20(18)31)46-16-45-23)33-26-27(35)32-15-36(28(26)39)21-8-7-19(37(41)42)13-22(21)38(43)44/h7-8,11,13-15,17H,6,9-10,12,16H2,1-5H3. The number of carbonyl (C=O) groups is 1. The van der Waals surface area contributed by atoms with Crippen molar-refractivity contribution in [2.45, 2.75) is 65.6 Å². The van der Waals surface area contributed by atoms with E-state index < -0.39 is 38.5 Å². The molecule has 0 aliphatic carbocycles. The third kappa shape index (κ3) is 7.13. The molecule has 16 nitrogen and oxygen atoms in total. The van der Waals surface area contributed by atoms with Gasteiger partial charge in [0.25, 0.3) is 16.9 Å². The minimum atomic E-state index is -0.796. The minimum Gasteiger partial charge on any atom is -0.454 e. The maximum absolute atomic E-state index is 13.8. The average molecular weight is 762 g/mol. The molecule has 5 rings (SSSR count). The van der Waals surface area contributed by atoms with E-state index in [1.807, 2.05) is 26.0 Å². The summed E-state index contributed by atoms with van der Waals surface area (Å²) in [4.78, 5) is 59.1. The number of aromatic nitrogens is 4. The molecule has 0 saturated heterocycles. The molecule has 3 heterocycles. The first-order chi connectivity index (χ1) is 22.1. The predicted molar refractivity (Wildman–Crippen MR) is 177 cm³/mol. The zero-order valence-corrected chi connectivity index (χ0v) is 28.4. The molecular formula is C30H32IN7O9. The van der Waals surface area contributed by atoms with Crippen LogP contribution in [0, 0.1) is 23.8 Å². The van der Waals surface area contributed by atoms with Gasteiger partial charge in [-0.3, -0.25) is 29.6 Å². The summed E-state index contributed by atoms with van der Waals surface area (Å²) in [5.41, 5.74) is -1.61. The molecule has 1 aliphatic heterocycles. The van der Waals surface area contributed by atoms with E-state index >= 15 is 0 Å². The number of imidazole rings is 1. The first kappa shape index (κ1) is 33.6. The molecule has 0 atom stereocenters. The third-order valence-corrected chi connectivity index (χ3v) is 8.29. The van der Waals surface area contributed by atoms with E-state index in [1.54, 1.807) is 30.2 Å². The van der Waals surface area contributed by atoms with Gasteiger partial charge in [0, 0.05) is 35.2 Å². The van der Waals surface area contributed by atoms with Crippen molar-refractivity contribution < 1.29 is 28.9 Å². The molecule has 1 aliphatic rings. The fraction of sp³-hybridized carbons (Fsp3) is 0.400. The van der Waals surface area contributed by atoms with Gasteiger partial charge in [0.15, 0.2) is 22.7 Å². The van der Waals surface area contributed by atoms with Gasteiger partial charge in [-0.05, 0) is 87.4 Å². The van der Waals surface area contributed by atoms with Crippen LogP contribution >= 0.6 is 22.6 Å². The number of nitrogens with zero attached hydrogens (tertiary/aromatic N) is 7. The van der Waals surface area contributed by atoms with Crippen LogP contribution in [-0.2, 0) is 17.7 Å². The highest BCUT2D eigenvalue weighted by molar-refractivity contribution is 14.1. The van der Waals surface area contributed by atoms with E-state index in [0.29, 0.717) is 36.8 Å². The first-order valence-electron chi connectivity index (χ1n) is 14.6. The van der Waals surface area contributed by atoms with Crippen molar-refractivity contribution in [3.8, 4) is 17.2 Å². The summed E-state index contributed by atoms with van der Waals surface area (Å²) >= 11 is 2.19. The van der Waals surface area contributed by atoms with E-state index in [9.17, 15) is 29.8 Å². The SMILES string of the molecule is CC(C)N(CCCn1c(Cc2cc3c(cc2I)OCO3)nc2c(=O)n(-c3ccc([N+](=O)[O-])cc3[N+](=O)[O-])cnc21)C(=O)OC(C)(C)C. The summed E-state index contributed by atoms with van der Waals surface area (Å²) in [5, 5.41) is 23.1. The Morgan fingerprint density at radius 3 is 2.47 bits per heavy atom. The number of rotatable bonds is 10. The average Bonchev–Trinajstić information content (AvgIpc) is 3.58. The van der Waals surface area contributed by atoms with Gasteiger partial charge in [0.05, 0.1) is 15.9 Å². The lowest BCUT2D eigenvalue weighted by Crippen LogP contribution is -2.41. The summed E-state index contributed by atoms with van der Waals surface area (Å²) in [6.07, 6.45) is 1.45. The number of benzene rings is 2. The fourth-order valence-corrected chi connectivity index (χ4v) is 5.73. The number of amides is 1. The summed E-state index contributed by atoms with van der Waals surface area (Å²) in [6.45, 7) is 9.97. The van der Waals surface area contributed by atoms with Crippen LogP contribution in [0.1, 0.15) is 52.4 Å². The van der Waals surface area contributed by atoms with Crippen molar-refractivity contribution in [1.82, 2.24) is 24.0 Å². The molecule has 0 bridgehead atoms. The van der Waals surface area contributed by atoms with Crippen LogP contribution < -0.4 is 15.0 Å². The molecule has 0 radical (unpaired) electrons. The number of nitro groups is 2. The van der Waals surface area contributed by atoms with E-state index in [-0.39, 0.29) is 36.1 Å². The molecule has 2 aromatic carbocycles. The predicted octanol–water partition coefficient (Wildman–Crippen LogP) is 5.36. The van der Waals surface area contributed by atoms with E-state index in [0.717, 1.165) is 38.2 Å². The molecule has 4 aromatic rings. The van der Waals surface area contributed by atoms with E-state index in [4.69, 9.17) is 14.2 Å². The smallest absolute Gasteiger partial charge is 0.410 e. The summed E-state index contributed by atoms with van der Waals surface area (Å²) in [7, 11) is 0. The number of aryl methyl sites for hydroxylation is 1. The quantitative estimate of drug-likeness (QED) is 0.115. The molecule has 1 amide bonds. The van der Waals surface area contributed by atoms with E-state index in [1.165, 1.54) is 0 Å². The highest BCUT2D eigenvalue weighted by atomic mass is 127. The van der Waals surface area contributed by atoms with Crippen LogP contribution in [0.2, 0.25) is 0 Å². The Morgan fingerprint density at radius 1 is 1.13 bits per heavy atom. The van der Waals surface area contributed by atoms with Crippen LogP contribution in [0.25, 0.3) is 16.9 Å². The maximum atomic E-state index is 13.8. The van der Waals surface area contributed by atoms with Gasteiger partial charge in [-0.15, -0.1) is 0 Å².